The molecule has 0 saturated carbocycles. The molecule has 0 fully saturated rings. The number of hydrogen-bond acceptors (Lipinski definition) is 3. The van der Waals surface area contributed by atoms with Gasteiger partial charge >= 0.3 is 0 Å². The minimum absolute atomic E-state index is 0.162. The summed E-state index contributed by atoms with van der Waals surface area (Å²) in [6.07, 6.45) is 0.784. The van der Waals surface area contributed by atoms with Crippen LogP contribution in [0.1, 0.15) is 39.6 Å². The number of benzene rings is 2. The summed E-state index contributed by atoms with van der Waals surface area (Å²) in [7, 11) is 0. The third-order valence-corrected chi connectivity index (χ3v) is 5.90. The minimum atomic E-state index is -0.217. The predicted molar refractivity (Wildman–Crippen MR) is 103 cm³/mol. The van der Waals surface area contributed by atoms with E-state index in [4.69, 9.17) is 0 Å². The lowest BCUT2D eigenvalue weighted by molar-refractivity contribution is 0.0934. The van der Waals surface area contributed by atoms with E-state index in [9.17, 15) is 9.18 Å². The number of carbonyl (C=O) groups is 1. The number of nitrogens with one attached hydrogen (secondary N) is 1. The van der Waals surface area contributed by atoms with Gasteiger partial charge in [0.15, 0.2) is 0 Å². The molecule has 0 bridgehead atoms. The monoisotopic (exact) mass is 366 g/mol. The molecule has 2 heterocycles. The first-order chi connectivity index (χ1) is 12.5. The van der Waals surface area contributed by atoms with Gasteiger partial charge in [0.1, 0.15) is 5.82 Å². The number of nitrogens with zero attached hydrogens (tertiary/aromatic N) is 1. The highest BCUT2D eigenvalue weighted by Gasteiger charge is 2.25. The van der Waals surface area contributed by atoms with Crippen LogP contribution in [0.3, 0.4) is 0 Å². The highest BCUT2D eigenvalue weighted by molar-refractivity contribution is 7.99. The van der Waals surface area contributed by atoms with E-state index in [2.05, 4.69) is 10.3 Å². The molecule has 26 heavy (non-hydrogen) atoms. The summed E-state index contributed by atoms with van der Waals surface area (Å²) in [5.74, 6) is 0.405. The van der Waals surface area contributed by atoms with Crippen LogP contribution >= 0.6 is 11.8 Å². The number of halogens is 1. The van der Waals surface area contributed by atoms with Crippen LogP contribution < -0.4 is 5.32 Å². The average Bonchev–Trinajstić information content (AvgIpc) is 2.62. The Bertz CT molecular complexity index is 1020. The average molecular weight is 366 g/mol. The molecular weight excluding hydrogens is 347 g/mol. The van der Waals surface area contributed by atoms with Crippen molar-refractivity contribution in [1.82, 2.24) is 10.3 Å². The number of hydrogen-bond donors (Lipinski definition) is 1. The van der Waals surface area contributed by atoms with Crippen molar-refractivity contribution in [2.24, 2.45) is 0 Å². The van der Waals surface area contributed by atoms with E-state index >= 15 is 0 Å². The fourth-order valence-corrected chi connectivity index (χ4v) is 4.52. The van der Waals surface area contributed by atoms with E-state index in [-0.39, 0.29) is 17.8 Å². The van der Waals surface area contributed by atoms with Crippen LogP contribution in [-0.4, -0.2) is 16.6 Å². The fourth-order valence-electron chi connectivity index (χ4n) is 3.38. The topological polar surface area (TPSA) is 42.0 Å². The van der Waals surface area contributed by atoms with E-state index in [1.807, 2.05) is 44.2 Å². The molecule has 1 amide bonds. The molecule has 0 saturated heterocycles. The van der Waals surface area contributed by atoms with Gasteiger partial charge in [-0.25, -0.2) is 4.39 Å². The molecule has 0 spiro atoms. The second-order valence-corrected chi connectivity index (χ2v) is 7.74. The van der Waals surface area contributed by atoms with Gasteiger partial charge in [0.2, 0.25) is 0 Å². The molecule has 1 aliphatic heterocycles. The largest absolute Gasteiger partial charge is 0.345 e. The second kappa shape index (κ2) is 6.72. The van der Waals surface area contributed by atoms with Crippen molar-refractivity contribution >= 4 is 28.6 Å². The Morgan fingerprint density at radius 2 is 2.08 bits per heavy atom. The van der Waals surface area contributed by atoms with E-state index < -0.39 is 0 Å². The third-order valence-electron chi connectivity index (χ3n) is 4.74. The standard InChI is InChI=1S/C21H19FN2OS/c1-12-6-7-14-11-16(13(2)23-19(14)10-12)21(25)24-18-8-9-26-20-15(18)4-3-5-17(20)22/h3-7,10-11,18H,8-9H2,1-2H3,(H,24,25). The third kappa shape index (κ3) is 3.07. The van der Waals surface area contributed by atoms with Crippen molar-refractivity contribution in [1.29, 1.82) is 0 Å². The van der Waals surface area contributed by atoms with E-state index in [0.717, 1.165) is 34.2 Å². The van der Waals surface area contributed by atoms with Crippen molar-refractivity contribution in [2.45, 2.75) is 31.2 Å². The molecule has 2 aromatic carbocycles. The molecule has 1 N–H and O–H groups in total. The highest BCUT2D eigenvalue weighted by Crippen LogP contribution is 2.37. The van der Waals surface area contributed by atoms with Crippen molar-refractivity contribution in [2.75, 3.05) is 5.75 Å². The van der Waals surface area contributed by atoms with Crippen molar-refractivity contribution in [3.8, 4) is 0 Å². The van der Waals surface area contributed by atoms with E-state index in [0.29, 0.717) is 16.2 Å². The molecule has 1 atom stereocenters. The first-order valence-corrected chi connectivity index (χ1v) is 9.61. The Balaban J connectivity index is 1.66. The van der Waals surface area contributed by atoms with Crippen LogP contribution in [0.4, 0.5) is 4.39 Å². The quantitative estimate of drug-likeness (QED) is 0.697. The maximum absolute atomic E-state index is 14.0. The van der Waals surface area contributed by atoms with Gasteiger partial charge in [0.25, 0.3) is 5.91 Å². The van der Waals surface area contributed by atoms with Crippen molar-refractivity contribution < 1.29 is 9.18 Å². The molecule has 1 unspecified atom stereocenters. The molecule has 0 aliphatic carbocycles. The fraction of sp³-hybridized carbons (Fsp3) is 0.238. The van der Waals surface area contributed by atoms with Crippen LogP contribution in [0.2, 0.25) is 0 Å². The predicted octanol–water partition coefficient (Wildman–Crippen LogP) is 4.96. The summed E-state index contributed by atoms with van der Waals surface area (Å²) in [6.45, 7) is 3.87. The van der Waals surface area contributed by atoms with Gasteiger partial charge in [-0.3, -0.25) is 9.78 Å². The van der Waals surface area contributed by atoms with Gasteiger partial charge in [-0.15, -0.1) is 11.8 Å². The Labute approximate surface area is 156 Å². The lowest BCUT2D eigenvalue weighted by Crippen LogP contribution is -2.31. The molecular formula is C21H19FN2OS. The maximum Gasteiger partial charge on any atom is 0.253 e. The van der Waals surface area contributed by atoms with Crippen LogP contribution in [0, 0.1) is 19.7 Å². The van der Waals surface area contributed by atoms with Crippen LogP contribution in [0.25, 0.3) is 10.9 Å². The SMILES string of the molecule is Cc1ccc2cc(C(=O)NC3CCSc4c(F)cccc43)c(C)nc2c1. The van der Waals surface area contributed by atoms with Crippen molar-refractivity contribution in [3.63, 3.8) is 0 Å². The van der Waals surface area contributed by atoms with E-state index in [1.165, 1.54) is 17.8 Å². The Morgan fingerprint density at radius 1 is 1.23 bits per heavy atom. The second-order valence-electron chi connectivity index (χ2n) is 6.64. The zero-order valence-electron chi connectivity index (χ0n) is 14.7. The number of aryl methyl sites for hydroxylation is 2. The van der Waals surface area contributed by atoms with E-state index in [1.54, 1.807) is 6.07 Å². The Kier molecular flexibility index (Phi) is 4.41. The lowest BCUT2D eigenvalue weighted by Gasteiger charge is -2.26. The summed E-state index contributed by atoms with van der Waals surface area (Å²) in [5.41, 5.74) is 4.15. The normalized spacial score (nSPS) is 16.3. The number of fused-ring (bicyclic) bond motifs is 2. The van der Waals surface area contributed by atoms with Crippen LogP contribution in [0.5, 0.6) is 0 Å². The summed E-state index contributed by atoms with van der Waals surface area (Å²) in [4.78, 5) is 18.1. The molecule has 3 aromatic rings. The molecule has 1 aromatic heterocycles. The summed E-state index contributed by atoms with van der Waals surface area (Å²) >= 11 is 1.51. The van der Waals surface area contributed by atoms with Gasteiger partial charge in [-0.1, -0.05) is 24.3 Å². The summed E-state index contributed by atoms with van der Waals surface area (Å²) in [6, 6.07) is 12.8. The first kappa shape index (κ1) is 17.0. The maximum atomic E-state index is 14.0. The van der Waals surface area contributed by atoms with Gasteiger partial charge in [0.05, 0.1) is 22.8 Å². The molecule has 3 nitrogen and oxygen atoms in total. The summed E-state index contributed by atoms with van der Waals surface area (Å²) in [5, 5.41) is 4.02. The van der Waals surface area contributed by atoms with Crippen molar-refractivity contribution in [3.05, 3.63) is 70.7 Å². The molecule has 132 valence electrons. The number of aromatic nitrogens is 1. The van der Waals surface area contributed by atoms with Gasteiger partial charge in [-0.2, -0.15) is 0 Å². The number of carbonyl (C=O) groups excluding carboxylic acids is 1. The van der Waals surface area contributed by atoms with Gasteiger partial charge in [-0.05, 0) is 49.6 Å². The van der Waals surface area contributed by atoms with Gasteiger partial charge in [0, 0.05) is 16.0 Å². The Morgan fingerprint density at radius 3 is 2.92 bits per heavy atom. The number of thioether (sulfide) groups is 1. The van der Waals surface area contributed by atoms with Crippen LogP contribution in [-0.2, 0) is 0 Å². The smallest absolute Gasteiger partial charge is 0.253 e. The molecule has 4 rings (SSSR count). The highest BCUT2D eigenvalue weighted by atomic mass is 32.2. The first-order valence-electron chi connectivity index (χ1n) is 8.63. The van der Waals surface area contributed by atoms with Gasteiger partial charge < -0.3 is 5.32 Å². The number of amides is 1. The zero-order valence-corrected chi connectivity index (χ0v) is 15.5. The number of rotatable bonds is 2. The number of pyridine rings is 1. The molecule has 1 aliphatic rings. The zero-order chi connectivity index (χ0) is 18.3. The van der Waals surface area contributed by atoms with Crippen LogP contribution in [0.15, 0.2) is 47.4 Å². The molecule has 0 radical (unpaired) electrons. The minimum Gasteiger partial charge on any atom is -0.345 e. The molecule has 5 heteroatoms. The summed E-state index contributed by atoms with van der Waals surface area (Å²) < 4.78 is 14.0. The Hall–Kier alpha value is -2.40. The lowest BCUT2D eigenvalue weighted by atomic mass is 10.0.